The highest BCUT2D eigenvalue weighted by atomic mass is 16.6. The van der Waals surface area contributed by atoms with E-state index in [0.717, 1.165) is 16.7 Å². The Morgan fingerprint density at radius 1 is 0.482 bits per heavy atom. The zero-order valence-corrected chi connectivity index (χ0v) is 34.3. The van der Waals surface area contributed by atoms with Crippen molar-refractivity contribution in [3.63, 3.8) is 0 Å². The number of carbonyl (C=O) groups excluding carboxylic acids is 5. The predicted molar refractivity (Wildman–Crippen MR) is 214 cm³/mol. The molecule has 0 aliphatic carbocycles. The van der Waals surface area contributed by atoms with Crippen molar-refractivity contribution in [2.24, 2.45) is 17.8 Å². The first-order chi connectivity index (χ1) is 26.6. The summed E-state index contributed by atoms with van der Waals surface area (Å²) in [6.07, 6.45) is -2.91. The highest BCUT2D eigenvalue weighted by Crippen LogP contribution is 2.24. The second-order valence-electron chi connectivity index (χ2n) is 15.9. The summed E-state index contributed by atoms with van der Waals surface area (Å²) < 4.78 is 18.5. The number of nitrogens with zero attached hydrogens (tertiary/aromatic N) is 3. The van der Waals surface area contributed by atoms with Crippen LogP contribution in [0.5, 0.6) is 0 Å². The summed E-state index contributed by atoms with van der Waals surface area (Å²) in [6, 6.07) is 25.0. The smallest absolute Gasteiger partial charge is 0.329 e. The molecule has 56 heavy (non-hydrogen) atoms. The van der Waals surface area contributed by atoms with Crippen LogP contribution in [0.25, 0.3) is 0 Å². The molecule has 302 valence electrons. The minimum Gasteiger partial charge on any atom is -0.459 e. The van der Waals surface area contributed by atoms with Crippen molar-refractivity contribution in [3.05, 3.63) is 108 Å². The van der Waals surface area contributed by atoms with Crippen LogP contribution in [-0.4, -0.2) is 109 Å². The number of likely N-dealkylation sites (N-methyl/N-ethyl adjacent to an activating group) is 3. The van der Waals surface area contributed by atoms with Crippen molar-refractivity contribution in [2.45, 2.75) is 97.2 Å². The van der Waals surface area contributed by atoms with Gasteiger partial charge in [-0.05, 0) is 41.5 Å². The molecule has 4 rings (SSSR count). The van der Waals surface area contributed by atoms with Crippen LogP contribution in [0.1, 0.15) is 58.2 Å². The lowest BCUT2D eigenvalue weighted by Gasteiger charge is -2.37. The molecule has 0 unspecified atom stereocenters. The fraction of sp³-hybridized carbons (Fsp3) is 0.489. The Morgan fingerprint density at radius 3 is 1.16 bits per heavy atom. The SMILES string of the molecule is CC(C)[C@H]1C(=O)O[C@H](Cc2ccccc2)C(=O)N(C)[C@@H](C(C)C)C(=O)O[C@H](Cc2ccccc2)C(=O)N(C)[C@@H](C(C)C)C(=O)O[C@H](Cc2ccccc2)CN1C. The molecule has 2 amide bonds. The molecule has 0 N–H and O–H groups in total. The zero-order chi connectivity index (χ0) is 41.1. The lowest BCUT2D eigenvalue weighted by atomic mass is 9.99. The first-order valence-electron chi connectivity index (χ1n) is 19.6. The maximum absolute atomic E-state index is 14.5. The Morgan fingerprint density at radius 2 is 0.804 bits per heavy atom. The van der Waals surface area contributed by atoms with Gasteiger partial charge in [0.25, 0.3) is 11.8 Å². The van der Waals surface area contributed by atoms with Crippen LogP contribution in [0.2, 0.25) is 0 Å². The number of cyclic esters (lactones) is 3. The molecule has 0 radical (unpaired) electrons. The van der Waals surface area contributed by atoms with Gasteiger partial charge in [-0.1, -0.05) is 133 Å². The van der Waals surface area contributed by atoms with E-state index >= 15 is 0 Å². The van der Waals surface area contributed by atoms with Crippen molar-refractivity contribution in [1.82, 2.24) is 14.7 Å². The van der Waals surface area contributed by atoms with Crippen molar-refractivity contribution in [3.8, 4) is 0 Å². The van der Waals surface area contributed by atoms with E-state index in [4.69, 9.17) is 14.2 Å². The van der Waals surface area contributed by atoms with Crippen LogP contribution < -0.4 is 0 Å². The summed E-state index contributed by atoms with van der Waals surface area (Å²) in [5.41, 5.74) is 2.42. The number of hydrogen-bond acceptors (Lipinski definition) is 9. The van der Waals surface area contributed by atoms with Gasteiger partial charge in [-0.15, -0.1) is 0 Å². The van der Waals surface area contributed by atoms with Gasteiger partial charge < -0.3 is 24.0 Å². The lowest BCUT2D eigenvalue weighted by molar-refractivity contribution is -0.175. The molecule has 1 heterocycles. The van der Waals surface area contributed by atoms with E-state index in [1.165, 1.54) is 23.9 Å². The van der Waals surface area contributed by atoms with Crippen LogP contribution in [0, 0.1) is 17.8 Å². The second kappa shape index (κ2) is 20.2. The number of carbonyl (C=O) groups is 5. The molecule has 0 bridgehead atoms. The highest BCUT2D eigenvalue weighted by Gasteiger charge is 2.42. The van der Waals surface area contributed by atoms with E-state index < -0.39 is 72.1 Å². The highest BCUT2D eigenvalue weighted by molar-refractivity contribution is 5.92. The number of esters is 3. The van der Waals surface area contributed by atoms with Crippen LogP contribution in [0.15, 0.2) is 91.0 Å². The topological polar surface area (TPSA) is 123 Å². The summed E-state index contributed by atoms with van der Waals surface area (Å²) in [7, 11) is 4.78. The number of amides is 2. The average Bonchev–Trinajstić information content (AvgIpc) is 3.14. The van der Waals surface area contributed by atoms with Gasteiger partial charge >= 0.3 is 17.9 Å². The third-order valence-corrected chi connectivity index (χ3v) is 10.3. The fourth-order valence-electron chi connectivity index (χ4n) is 7.57. The molecule has 0 saturated carbocycles. The second-order valence-corrected chi connectivity index (χ2v) is 15.9. The molecule has 1 saturated heterocycles. The van der Waals surface area contributed by atoms with Crippen LogP contribution in [0.3, 0.4) is 0 Å². The summed E-state index contributed by atoms with van der Waals surface area (Å²) in [5.74, 6) is -4.28. The Hall–Kier alpha value is -5.03. The molecule has 1 aliphatic heterocycles. The third-order valence-electron chi connectivity index (χ3n) is 10.3. The van der Waals surface area contributed by atoms with Gasteiger partial charge in [0.15, 0.2) is 12.2 Å². The molecule has 6 atom stereocenters. The molecular weight excluding hydrogens is 711 g/mol. The van der Waals surface area contributed by atoms with E-state index in [1.54, 1.807) is 25.8 Å². The van der Waals surface area contributed by atoms with Crippen LogP contribution in [-0.2, 0) is 57.4 Å². The van der Waals surface area contributed by atoms with Crippen LogP contribution in [0.4, 0.5) is 0 Å². The minimum atomic E-state index is -1.33. The lowest BCUT2D eigenvalue weighted by Crippen LogP contribution is -2.56. The summed E-state index contributed by atoms with van der Waals surface area (Å²) in [4.78, 5) is 76.2. The predicted octanol–water partition coefficient (Wildman–Crippen LogP) is 5.39. The average molecular weight is 770 g/mol. The summed E-state index contributed by atoms with van der Waals surface area (Å²) >= 11 is 0. The molecule has 11 nitrogen and oxygen atoms in total. The van der Waals surface area contributed by atoms with Gasteiger partial charge in [0.05, 0.1) is 0 Å². The van der Waals surface area contributed by atoms with Gasteiger partial charge in [0.1, 0.15) is 24.2 Å². The van der Waals surface area contributed by atoms with Crippen molar-refractivity contribution in [2.75, 3.05) is 27.7 Å². The van der Waals surface area contributed by atoms with E-state index in [2.05, 4.69) is 0 Å². The van der Waals surface area contributed by atoms with Gasteiger partial charge in [-0.25, -0.2) is 9.59 Å². The number of benzene rings is 3. The van der Waals surface area contributed by atoms with Crippen molar-refractivity contribution < 1.29 is 38.2 Å². The van der Waals surface area contributed by atoms with E-state index in [-0.39, 0.29) is 31.2 Å². The molecule has 1 aliphatic rings. The summed E-state index contributed by atoms with van der Waals surface area (Å²) in [6.45, 7) is 11.1. The normalized spacial score (nSPS) is 24.2. The molecule has 3 aromatic carbocycles. The molecule has 11 heteroatoms. The number of ether oxygens (including phenoxy) is 3. The summed E-state index contributed by atoms with van der Waals surface area (Å²) in [5, 5.41) is 0. The van der Waals surface area contributed by atoms with E-state index in [0.29, 0.717) is 6.42 Å². The van der Waals surface area contributed by atoms with E-state index in [9.17, 15) is 24.0 Å². The molecule has 1 fully saturated rings. The molecule has 0 aromatic heterocycles. The largest absolute Gasteiger partial charge is 0.459 e. The number of hydrogen-bond donors (Lipinski definition) is 0. The van der Waals surface area contributed by atoms with Gasteiger partial charge in [0.2, 0.25) is 0 Å². The first kappa shape index (κ1) is 43.7. The third kappa shape index (κ3) is 11.5. The Kier molecular flexibility index (Phi) is 15.8. The van der Waals surface area contributed by atoms with Crippen LogP contribution >= 0.6 is 0 Å². The van der Waals surface area contributed by atoms with Gasteiger partial charge in [0, 0.05) is 39.9 Å². The fourth-order valence-corrected chi connectivity index (χ4v) is 7.57. The zero-order valence-electron chi connectivity index (χ0n) is 34.3. The standard InChI is InChI=1S/C45H59N3O8/c1-29(2)38-43(51)55-36(26-33-21-15-11-16-22-33)41(49)48(9)40(31(5)6)45(53)56-37(27-34-23-17-12-18-24-34)42(50)47(8)39(30(3)4)44(52)54-35(28-46(38)7)25-32-19-13-10-14-20-32/h10-24,29-31,35-40H,25-28H2,1-9H3/t35-,36-,37-,38+,39+,40+/m1/s1. The number of rotatable bonds is 9. The Labute approximate surface area is 332 Å². The maximum Gasteiger partial charge on any atom is 0.329 e. The minimum absolute atomic E-state index is 0.0321. The molecule has 0 spiro atoms. The Bertz CT molecular complexity index is 1750. The maximum atomic E-state index is 14.5. The monoisotopic (exact) mass is 769 g/mol. The van der Waals surface area contributed by atoms with Gasteiger partial charge in [-0.3, -0.25) is 19.3 Å². The van der Waals surface area contributed by atoms with E-state index in [1.807, 2.05) is 119 Å². The first-order valence-corrected chi connectivity index (χ1v) is 19.6. The molecule has 3 aromatic rings. The van der Waals surface area contributed by atoms with Gasteiger partial charge in [-0.2, -0.15) is 0 Å². The quantitative estimate of drug-likeness (QED) is 0.209. The van der Waals surface area contributed by atoms with Crippen molar-refractivity contribution in [1.29, 1.82) is 0 Å². The Balaban J connectivity index is 1.85. The van der Waals surface area contributed by atoms with Crippen molar-refractivity contribution >= 4 is 29.7 Å². The molecular formula is C45H59N3O8.